The van der Waals surface area contributed by atoms with E-state index in [0.29, 0.717) is 10.5 Å². The molecule has 10 heteroatoms. The molecule has 2 aromatic rings. The van der Waals surface area contributed by atoms with Crippen molar-refractivity contribution in [1.82, 2.24) is 4.31 Å². The van der Waals surface area contributed by atoms with Gasteiger partial charge >= 0.3 is 7.60 Å². The monoisotopic (exact) mass is 438 g/mol. The molecule has 2 aromatic carbocycles. The lowest BCUT2D eigenvalue weighted by Gasteiger charge is -2.16. The Labute approximate surface area is 172 Å². The van der Waals surface area contributed by atoms with E-state index in [1.54, 1.807) is 38.1 Å². The van der Waals surface area contributed by atoms with Crippen molar-refractivity contribution in [2.45, 2.75) is 37.5 Å². The summed E-state index contributed by atoms with van der Waals surface area (Å²) in [5, 5.41) is 11.2. The molecule has 0 saturated carbocycles. The molecule has 0 aliphatic carbocycles. The molecule has 1 fully saturated rings. The maximum Gasteiger partial charge on any atom is 0.350 e. The Morgan fingerprint density at radius 2 is 1.76 bits per heavy atom. The van der Waals surface area contributed by atoms with Gasteiger partial charge in [-0.3, -0.25) is 14.7 Å². The van der Waals surface area contributed by atoms with Gasteiger partial charge in [-0.15, -0.1) is 0 Å². The van der Waals surface area contributed by atoms with Crippen molar-refractivity contribution < 1.29 is 22.7 Å². The fourth-order valence-electron chi connectivity index (χ4n) is 3.18. The first-order valence-corrected chi connectivity index (χ1v) is 11.9. The van der Waals surface area contributed by atoms with Crippen molar-refractivity contribution in [2.24, 2.45) is 0 Å². The molecular formula is C19H23N2O6PS. The third-order valence-electron chi connectivity index (χ3n) is 4.51. The van der Waals surface area contributed by atoms with Crippen LogP contribution in [0.1, 0.15) is 31.0 Å². The largest absolute Gasteiger partial charge is 0.350 e. The van der Waals surface area contributed by atoms with Crippen LogP contribution >= 0.6 is 7.60 Å². The number of aryl methyl sites for hydroxylation is 1. The summed E-state index contributed by atoms with van der Waals surface area (Å²) < 4.78 is 39.2. The SMILES string of the molecule is CCOP(=O)(OCC)[C@H]1[C@@H](c2cccc([N+](=O)[O-])c2)N1S(=O)c1ccc(C)cc1. The molecule has 0 bridgehead atoms. The molecule has 3 rings (SSSR count). The summed E-state index contributed by atoms with van der Waals surface area (Å²) in [6.07, 6.45) is 0. The second kappa shape index (κ2) is 8.85. The average molecular weight is 438 g/mol. The van der Waals surface area contributed by atoms with Gasteiger partial charge in [0.2, 0.25) is 0 Å². The van der Waals surface area contributed by atoms with Crippen LogP contribution < -0.4 is 0 Å². The predicted octanol–water partition coefficient (Wildman–Crippen LogP) is 4.57. The minimum Gasteiger partial charge on any atom is -0.308 e. The predicted molar refractivity (Wildman–Crippen MR) is 110 cm³/mol. The Morgan fingerprint density at radius 3 is 2.31 bits per heavy atom. The van der Waals surface area contributed by atoms with E-state index in [2.05, 4.69) is 0 Å². The zero-order valence-electron chi connectivity index (χ0n) is 16.4. The van der Waals surface area contributed by atoms with Crippen molar-refractivity contribution in [3.05, 3.63) is 69.8 Å². The highest BCUT2D eigenvalue weighted by atomic mass is 32.2. The maximum absolute atomic E-state index is 13.4. The highest BCUT2D eigenvalue weighted by Crippen LogP contribution is 2.69. The van der Waals surface area contributed by atoms with Crippen LogP contribution in [-0.4, -0.2) is 32.4 Å². The Bertz CT molecular complexity index is 957. The molecule has 1 aliphatic rings. The fourth-order valence-corrected chi connectivity index (χ4v) is 7.29. The Balaban J connectivity index is 2.01. The second-order valence-electron chi connectivity index (χ2n) is 6.51. The molecule has 0 spiro atoms. The van der Waals surface area contributed by atoms with E-state index in [1.165, 1.54) is 16.4 Å². The van der Waals surface area contributed by atoms with Gasteiger partial charge in [0.1, 0.15) is 16.8 Å². The first-order valence-electron chi connectivity index (χ1n) is 9.22. The highest BCUT2D eigenvalue weighted by Gasteiger charge is 2.64. The molecule has 0 amide bonds. The summed E-state index contributed by atoms with van der Waals surface area (Å²) in [5.41, 5.74) is 1.48. The smallest absolute Gasteiger partial charge is 0.308 e. The van der Waals surface area contributed by atoms with Crippen LogP contribution in [0.2, 0.25) is 0 Å². The van der Waals surface area contributed by atoms with Crippen LogP contribution in [0, 0.1) is 17.0 Å². The number of hydrogen-bond donors (Lipinski definition) is 0. The number of hydrogen-bond acceptors (Lipinski definition) is 6. The lowest BCUT2D eigenvalue weighted by atomic mass is 10.1. The minimum atomic E-state index is -3.62. The molecule has 2 unspecified atom stereocenters. The van der Waals surface area contributed by atoms with E-state index in [4.69, 9.17) is 9.05 Å². The summed E-state index contributed by atoms with van der Waals surface area (Å²) in [6.45, 7) is 5.67. The third kappa shape index (κ3) is 4.49. The van der Waals surface area contributed by atoms with Crippen LogP contribution in [0.25, 0.3) is 0 Å². The van der Waals surface area contributed by atoms with Crippen molar-refractivity contribution in [3.8, 4) is 0 Å². The lowest BCUT2D eigenvalue weighted by molar-refractivity contribution is -0.384. The normalized spacial score (nSPS) is 22.2. The maximum atomic E-state index is 13.4. The van der Waals surface area contributed by atoms with E-state index in [0.717, 1.165) is 5.56 Å². The van der Waals surface area contributed by atoms with E-state index in [-0.39, 0.29) is 18.9 Å². The molecule has 1 heterocycles. The lowest BCUT2D eigenvalue weighted by Crippen LogP contribution is -2.10. The van der Waals surface area contributed by atoms with E-state index in [9.17, 15) is 18.9 Å². The molecule has 0 N–H and O–H groups in total. The number of benzene rings is 2. The Kier molecular flexibility index (Phi) is 6.65. The first-order chi connectivity index (χ1) is 13.8. The molecule has 156 valence electrons. The first kappa shape index (κ1) is 21.8. The third-order valence-corrected chi connectivity index (χ3v) is 8.59. The number of rotatable bonds is 9. The zero-order chi connectivity index (χ0) is 21.2. The number of nitro groups is 1. The van der Waals surface area contributed by atoms with E-state index >= 15 is 0 Å². The second-order valence-corrected chi connectivity index (χ2v) is 10.0. The van der Waals surface area contributed by atoms with Gasteiger partial charge in [0, 0.05) is 12.1 Å². The molecule has 29 heavy (non-hydrogen) atoms. The van der Waals surface area contributed by atoms with Gasteiger partial charge in [-0.2, -0.15) is 4.31 Å². The van der Waals surface area contributed by atoms with Gasteiger partial charge in [-0.25, -0.2) is 4.21 Å². The summed E-state index contributed by atoms with van der Waals surface area (Å²) in [6, 6.07) is 12.6. The number of nitro benzene ring substituents is 1. The highest BCUT2D eigenvalue weighted by molar-refractivity contribution is 7.83. The average Bonchev–Trinajstić information content (AvgIpc) is 3.45. The summed E-state index contributed by atoms with van der Waals surface area (Å²) in [4.78, 5) is 11.2. The van der Waals surface area contributed by atoms with Crippen LogP contribution in [0.4, 0.5) is 5.69 Å². The van der Waals surface area contributed by atoms with Gasteiger partial charge in [0.15, 0.2) is 0 Å². The van der Waals surface area contributed by atoms with Crippen LogP contribution in [0.3, 0.4) is 0 Å². The molecule has 1 saturated heterocycles. The molecule has 0 aromatic heterocycles. The zero-order valence-corrected chi connectivity index (χ0v) is 18.1. The molecule has 1 aliphatic heterocycles. The van der Waals surface area contributed by atoms with Crippen LogP contribution in [0.15, 0.2) is 53.4 Å². The molecule has 4 atom stereocenters. The minimum absolute atomic E-state index is 0.0862. The number of nitrogens with zero attached hydrogens (tertiary/aromatic N) is 2. The van der Waals surface area contributed by atoms with Crippen molar-refractivity contribution in [3.63, 3.8) is 0 Å². The van der Waals surface area contributed by atoms with Crippen molar-refractivity contribution in [1.29, 1.82) is 0 Å². The van der Waals surface area contributed by atoms with Crippen molar-refractivity contribution in [2.75, 3.05) is 13.2 Å². The summed E-state index contributed by atoms with van der Waals surface area (Å²) >= 11 is 0. The van der Waals surface area contributed by atoms with Gasteiger partial charge in [0.25, 0.3) is 5.69 Å². The fraction of sp³-hybridized carbons (Fsp3) is 0.368. The quantitative estimate of drug-likeness (QED) is 0.246. The Hall–Kier alpha value is -1.90. The Morgan fingerprint density at radius 1 is 1.14 bits per heavy atom. The van der Waals surface area contributed by atoms with Crippen molar-refractivity contribution >= 4 is 24.3 Å². The molecule has 0 radical (unpaired) electrons. The van der Waals surface area contributed by atoms with Gasteiger partial charge < -0.3 is 9.05 Å². The number of non-ortho nitro benzene ring substituents is 1. The van der Waals surface area contributed by atoms with Crippen LogP contribution in [-0.2, 0) is 24.6 Å². The van der Waals surface area contributed by atoms with E-state index < -0.39 is 35.3 Å². The molecule has 8 nitrogen and oxygen atoms in total. The summed E-state index contributed by atoms with van der Waals surface area (Å²) in [5.74, 6) is -0.786. The van der Waals surface area contributed by atoms with Crippen LogP contribution in [0.5, 0.6) is 0 Å². The van der Waals surface area contributed by atoms with Gasteiger partial charge in [-0.1, -0.05) is 29.8 Å². The van der Waals surface area contributed by atoms with Gasteiger partial charge in [-0.05, 0) is 38.5 Å². The topological polar surface area (TPSA) is 98.8 Å². The molecular weight excluding hydrogens is 415 g/mol. The standard InChI is InChI=1S/C19H23N2O6PS/c1-4-26-28(24,27-5-2)19-18(15-7-6-8-16(13-15)21(22)23)20(19)29(25)17-11-9-14(3)10-12-17/h6-13,18-19H,4-5H2,1-3H3/t18-,19+,20?,29?/m1/s1. The summed E-state index contributed by atoms with van der Waals surface area (Å²) in [7, 11) is -5.25. The van der Waals surface area contributed by atoms with E-state index in [1.807, 2.05) is 19.1 Å². The van der Waals surface area contributed by atoms with Gasteiger partial charge in [0.05, 0.1) is 29.1 Å².